The van der Waals surface area contributed by atoms with Gasteiger partial charge in [0, 0.05) is 13.1 Å². The number of aliphatic hydroxyl groups is 2. The summed E-state index contributed by atoms with van der Waals surface area (Å²) in [5.74, 6) is 0. The Hall–Kier alpha value is -1.66. The largest absolute Gasteiger partial charge is 0.398 e. The van der Waals surface area contributed by atoms with E-state index >= 15 is 0 Å². The highest BCUT2D eigenvalue weighted by Gasteiger charge is 2.38. The second-order valence-corrected chi connectivity index (χ2v) is 6.23. The first-order valence-corrected chi connectivity index (χ1v) is 6.96. The molecule has 4 N–H and O–H groups in total. The number of nitrogens with two attached hydrogens (primary N) is 1. The maximum absolute atomic E-state index is 12.3. The number of β-amino-alcohol motifs (C(OH)–C–C–N with tert-alkyl or cyclic N) is 2. The predicted octanol–water partition coefficient (Wildman–Crippen LogP) is -1.13. The number of sulfonamides is 1. The van der Waals surface area contributed by atoms with Crippen LogP contribution in [0.2, 0.25) is 0 Å². The van der Waals surface area contributed by atoms with Crippen LogP contribution in [0.3, 0.4) is 0 Å². The van der Waals surface area contributed by atoms with Crippen LogP contribution in [-0.4, -0.2) is 48.2 Å². The molecule has 7 nitrogen and oxygen atoms in total. The van der Waals surface area contributed by atoms with Crippen LogP contribution in [0.5, 0.6) is 0 Å². The van der Waals surface area contributed by atoms with Crippen molar-refractivity contribution >= 4 is 15.7 Å². The average Bonchev–Trinajstić information content (AvgIpc) is 2.70. The summed E-state index contributed by atoms with van der Waals surface area (Å²) in [6, 6.07) is 5.74. The first-order chi connectivity index (χ1) is 8.86. The normalized spacial score (nSPS) is 24.3. The van der Waals surface area contributed by atoms with Crippen LogP contribution < -0.4 is 5.73 Å². The van der Waals surface area contributed by atoms with E-state index in [2.05, 4.69) is 0 Å². The molecule has 19 heavy (non-hydrogen) atoms. The van der Waals surface area contributed by atoms with E-state index in [9.17, 15) is 18.6 Å². The first-order valence-electron chi connectivity index (χ1n) is 5.52. The third-order valence-corrected chi connectivity index (χ3v) is 4.89. The van der Waals surface area contributed by atoms with Crippen molar-refractivity contribution in [3.8, 4) is 6.07 Å². The Bertz CT molecular complexity index is 628. The maximum Gasteiger partial charge on any atom is 0.245 e. The Kier molecular flexibility index (Phi) is 3.47. The highest BCUT2D eigenvalue weighted by atomic mass is 32.2. The lowest BCUT2D eigenvalue weighted by Gasteiger charge is -2.16. The molecule has 0 bridgehead atoms. The van der Waals surface area contributed by atoms with Crippen molar-refractivity contribution in [2.75, 3.05) is 18.8 Å². The van der Waals surface area contributed by atoms with Gasteiger partial charge in [0.2, 0.25) is 10.0 Å². The molecule has 2 unspecified atom stereocenters. The molecule has 1 aromatic carbocycles. The van der Waals surface area contributed by atoms with Gasteiger partial charge in [-0.05, 0) is 18.2 Å². The number of nitrogens with zero attached hydrogens (tertiary/aromatic N) is 2. The summed E-state index contributed by atoms with van der Waals surface area (Å²) in [5, 5.41) is 27.5. The number of anilines is 1. The Labute approximate surface area is 110 Å². The van der Waals surface area contributed by atoms with Crippen molar-refractivity contribution in [1.29, 1.82) is 5.26 Å². The number of aliphatic hydroxyl groups excluding tert-OH is 2. The Morgan fingerprint density at radius 1 is 1.32 bits per heavy atom. The monoisotopic (exact) mass is 283 g/mol. The zero-order valence-corrected chi connectivity index (χ0v) is 10.7. The lowest BCUT2D eigenvalue weighted by molar-refractivity contribution is 0.0572. The van der Waals surface area contributed by atoms with Gasteiger partial charge in [-0.3, -0.25) is 0 Å². The molecule has 1 fully saturated rings. The minimum atomic E-state index is -3.88. The van der Waals surface area contributed by atoms with Crippen molar-refractivity contribution in [2.45, 2.75) is 17.1 Å². The number of benzene rings is 1. The van der Waals surface area contributed by atoms with E-state index in [-0.39, 0.29) is 29.2 Å². The second kappa shape index (κ2) is 4.79. The lowest BCUT2D eigenvalue weighted by Crippen LogP contribution is -2.30. The molecular formula is C11H13N3O4S. The van der Waals surface area contributed by atoms with Crippen molar-refractivity contribution in [2.24, 2.45) is 0 Å². The minimum absolute atomic E-state index is 0.0325. The van der Waals surface area contributed by atoms with E-state index in [4.69, 9.17) is 11.0 Å². The van der Waals surface area contributed by atoms with Crippen LogP contribution >= 0.6 is 0 Å². The summed E-state index contributed by atoms with van der Waals surface area (Å²) in [4.78, 5) is -0.132. The molecule has 102 valence electrons. The number of nitriles is 1. The number of rotatable bonds is 2. The van der Waals surface area contributed by atoms with Gasteiger partial charge in [-0.2, -0.15) is 9.57 Å². The van der Waals surface area contributed by atoms with Crippen LogP contribution in [0.1, 0.15) is 5.56 Å². The molecule has 2 atom stereocenters. The van der Waals surface area contributed by atoms with Crippen LogP contribution in [0.25, 0.3) is 0 Å². The highest BCUT2D eigenvalue weighted by Crippen LogP contribution is 2.26. The predicted molar refractivity (Wildman–Crippen MR) is 66.3 cm³/mol. The lowest BCUT2D eigenvalue weighted by atomic mass is 10.2. The molecule has 1 aromatic rings. The molecule has 8 heteroatoms. The molecule has 1 saturated heterocycles. The topological polar surface area (TPSA) is 128 Å². The third kappa shape index (κ3) is 2.41. The maximum atomic E-state index is 12.3. The number of hydrogen-bond donors (Lipinski definition) is 3. The molecule has 1 aliphatic rings. The summed E-state index contributed by atoms with van der Waals surface area (Å²) in [5.41, 5.74) is 5.87. The summed E-state index contributed by atoms with van der Waals surface area (Å²) in [6.07, 6.45) is -2.20. The Balaban J connectivity index is 2.39. The standard InChI is InChI=1S/C11H13N3O4S/c12-4-7-1-2-11(8(13)3-7)19(17,18)14-5-9(15)10(16)6-14/h1-3,9-10,15-16H,5-6,13H2. The molecule has 0 saturated carbocycles. The van der Waals surface area contributed by atoms with Crippen molar-refractivity contribution in [3.63, 3.8) is 0 Å². The van der Waals surface area contributed by atoms with Gasteiger partial charge < -0.3 is 15.9 Å². The van der Waals surface area contributed by atoms with E-state index in [1.54, 1.807) is 0 Å². The van der Waals surface area contributed by atoms with Gasteiger partial charge in [-0.1, -0.05) is 0 Å². The Morgan fingerprint density at radius 3 is 2.37 bits per heavy atom. The van der Waals surface area contributed by atoms with Crippen molar-refractivity contribution in [1.82, 2.24) is 4.31 Å². The van der Waals surface area contributed by atoms with Crippen LogP contribution in [0.4, 0.5) is 5.69 Å². The van der Waals surface area contributed by atoms with Gasteiger partial charge in [0.1, 0.15) is 4.90 Å². The van der Waals surface area contributed by atoms with Gasteiger partial charge in [0.15, 0.2) is 0 Å². The first kappa shape index (κ1) is 13.8. The summed E-state index contributed by atoms with van der Waals surface area (Å²) in [7, 11) is -3.88. The molecule has 0 amide bonds. The second-order valence-electron chi connectivity index (χ2n) is 4.32. The highest BCUT2D eigenvalue weighted by molar-refractivity contribution is 7.89. The fourth-order valence-corrected chi connectivity index (χ4v) is 3.50. The van der Waals surface area contributed by atoms with E-state index in [0.29, 0.717) is 0 Å². The van der Waals surface area contributed by atoms with Gasteiger partial charge in [0.25, 0.3) is 0 Å². The molecule has 1 aliphatic heterocycles. The summed E-state index contributed by atoms with van der Waals surface area (Å²) in [6.45, 7) is -0.355. The van der Waals surface area contributed by atoms with Crippen LogP contribution in [-0.2, 0) is 10.0 Å². The number of nitrogen functional groups attached to an aromatic ring is 1. The van der Waals surface area contributed by atoms with E-state index in [0.717, 1.165) is 4.31 Å². The zero-order valence-electron chi connectivity index (χ0n) is 9.89. The average molecular weight is 283 g/mol. The van der Waals surface area contributed by atoms with Crippen LogP contribution in [0.15, 0.2) is 23.1 Å². The number of hydrogen-bond acceptors (Lipinski definition) is 6. The quantitative estimate of drug-likeness (QED) is 0.589. The molecule has 2 rings (SSSR count). The minimum Gasteiger partial charge on any atom is -0.398 e. The summed E-state index contributed by atoms with van der Waals surface area (Å²) >= 11 is 0. The SMILES string of the molecule is N#Cc1ccc(S(=O)(=O)N2CC(O)C(O)C2)c(N)c1. The molecule has 1 heterocycles. The van der Waals surface area contributed by atoms with Gasteiger partial charge >= 0.3 is 0 Å². The van der Waals surface area contributed by atoms with Gasteiger partial charge in [-0.15, -0.1) is 0 Å². The smallest absolute Gasteiger partial charge is 0.245 e. The molecule has 0 aromatic heterocycles. The Morgan fingerprint density at radius 2 is 1.89 bits per heavy atom. The molecule has 0 aliphatic carbocycles. The molecule has 0 spiro atoms. The summed E-state index contributed by atoms with van der Waals surface area (Å²) < 4.78 is 25.5. The van der Waals surface area contributed by atoms with Crippen LogP contribution in [0, 0.1) is 11.3 Å². The molecular weight excluding hydrogens is 270 g/mol. The van der Waals surface area contributed by atoms with E-state index in [1.807, 2.05) is 6.07 Å². The van der Waals surface area contributed by atoms with Crippen molar-refractivity contribution in [3.05, 3.63) is 23.8 Å². The zero-order chi connectivity index (χ0) is 14.2. The van der Waals surface area contributed by atoms with Crippen molar-refractivity contribution < 1.29 is 18.6 Å². The fourth-order valence-electron chi connectivity index (χ4n) is 1.92. The van der Waals surface area contributed by atoms with E-state index in [1.165, 1.54) is 18.2 Å². The van der Waals surface area contributed by atoms with Gasteiger partial charge in [-0.25, -0.2) is 8.42 Å². The van der Waals surface area contributed by atoms with Gasteiger partial charge in [0.05, 0.1) is 29.5 Å². The fraction of sp³-hybridized carbons (Fsp3) is 0.364. The molecule has 0 radical (unpaired) electrons. The van der Waals surface area contributed by atoms with E-state index < -0.39 is 22.2 Å². The third-order valence-electron chi connectivity index (χ3n) is 2.98.